The molecule has 1 amide bonds. The van der Waals surface area contributed by atoms with E-state index in [9.17, 15) is 14.9 Å². The summed E-state index contributed by atoms with van der Waals surface area (Å²) in [5, 5.41) is 14.3. The predicted octanol–water partition coefficient (Wildman–Crippen LogP) is 4.24. The Kier molecular flexibility index (Phi) is 6.36. The number of para-hydroxylation sites is 1. The van der Waals surface area contributed by atoms with E-state index in [1.54, 1.807) is 20.1 Å². The number of carbonyl (C=O) groups is 1. The fourth-order valence-corrected chi connectivity index (χ4v) is 4.11. The zero-order valence-corrected chi connectivity index (χ0v) is 16.8. The standard InChI is InChI=1S/C22H26N2O5/c1-3-29-20-11-10-16(14-18(20)24(26)27)21(25)23-15-22(12-6-7-13-22)17-8-4-5-9-19(17)28-2/h4-5,8-11,14H,3,6-7,12-13,15H2,1-2H3,(H,23,25). The molecule has 1 saturated carbocycles. The zero-order chi connectivity index (χ0) is 20.9. The van der Waals surface area contributed by atoms with Crippen molar-refractivity contribution in [2.75, 3.05) is 20.3 Å². The van der Waals surface area contributed by atoms with Crippen LogP contribution in [0.15, 0.2) is 42.5 Å². The zero-order valence-electron chi connectivity index (χ0n) is 16.8. The lowest BCUT2D eigenvalue weighted by Crippen LogP contribution is -2.39. The molecule has 7 heteroatoms. The topological polar surface area (TPSA) is 90.7 Å². The first kappa shape index (κ1) is 20.6. The van der Waals surface area contributed by atoms with Crippen molar-refractivity contribution in [3.8, 4) is 11.5 Å². The second-order valence-electron chi connectivity index (χ2n) is 7.24. The normalized spacial score (nSPS) is 15.0. The number of methoxy groups -OCH3 is 1. The van der Waals surface area contributed by atoms with Crippen LogP contribution in [0.25, 0.3) is 0 Å². The summed E-state index contributed by atoms with van der Waals surface area (Å²) in [4.78, 5) is 23.6. The van der Waals surface area contributed by atoms with Gasteiger partial charge in [0.05, 0.1) is 18.6 Å². The number of ether oxygens (including phenoxy) is 2. The van der Waals surface area contributed by atoms with Crippen molar-refractivity contribution in [1.29, 1.82) is 0 Å². The minimum absolute atomic E-state index is 0.162. The van der Waals surface area contributed by atoms with Crippen molar-refractivity contribution in [3.05, 3.63) is 63.7 Å². The number of carbonyl (C=O) groups excluding carboxylic acids is 1. The lowest BCUT2D eigenvalue weighted by Gasteiger charge is -2.31. The summed E-state index contributed by atoms with van der Waals surface area (Å²) in [7, 11) is 1.65. The summed E-state index contributed by atoms with van der Waals surface area (Å²) < 4.78 is 10.8. The number of amides is 1. The lowest BCUT2D eigenvalue weighted by molar-refractivity contribution is -0.385. The van der Waals surface area contributed by atoms with Gasteiger partial charge in [0.25, 0.3) is 5.91 Å². The van der Waals surface area contributed by atoms with Crippen LogP contribution < -0.4 is 14.8 Å². The Morgan fingerprint density at radius 1 is 1.17 bits per heavy atom. The fourth-order valence-electron chi connectivity index (χ4n) is 4.11. The molecule has 0 heterocycles. The summed E-state index contributed by atoms with van der Waals surface area (Å²) in [6.07, 6.45) is 4.08. The predicted molar refractivity (Wildman–Crippen MR) is 110 cm³/mol. The van der Waals surface area contributed by atoms with Gasteiger partial charge in [-0.25, -0.2) is 0 Å². The molecule has 0 bridgehead atoms. The molecule has 154 valence electrons. The summed E-state index contributed by atoms with van der Waals surface area (Å²) in [5.41, 5.74) is 0.936. The molecule has 1 N–H and O–H groups in total. The average Bonchev–Trinajstić information content (AvgIpc) is 3.22. The van der Waals surface area contributed by atoms with Gasteiger partial charge in [0.2, 0.25) is 0 Å². The Labute approximate surface area is 170 Å². The van der Waals surface area contributed by atoms with Crippen LogP contribution in [-0.4, -0.2) is 31.1 Å². The van der Waals surface area contributed by atoms with Crippen molar-refractivity contribution in [3.63, 3.8) is 0 Å². The third-order valence-corrected chi connectivity index (χ3v) is 5.54. The highest BCUT2D eigenvalue weighted by atomic mass is 16.6. The van der Waals surface area contributed by atoms with E-state index in [0.29, 0.717) is 13.2 Å². The second-order valence-corrected chi connectivity index (χ2v) is 7.24. The molecule has 1 fully saturated rings. The molecule has 0 radical (unpaired) electrons. The van der Waals surface area contributed by atoms with Gasteiger partial charge in [-0.15, -0.1) is 0 Å². The van der Waals surface area contributed by atoms with Crippen molar-refractivity contribution in [2.24, 2.45) is 0 Å². The van der Waals surface area contributed by atoms with E-state index < -0.39 is 4.92 Å². The first-order chi connectivity index (χ1) is 14.0. The van der Waals surface area contributed by atoms with E-state index in [0.717, 1.165) is 37.0 Å². The summed E-state index contributed by atoms with van der Waals surface area (Å²) in [6.45, 7) is 2.52. The minimum atomic E-state index is -0.533. The maximum absolute atomic E-state index is 12.8. The van der Waals surface area contributed by atoms with E-state index in [1.165, 1.54) is 12.1 Å². The first-order valence-corrected chi connectivity index (χ1v) is 9.83. The molecule has 2 aromatic rings. The molecule has 3 rings (SSSR count). The van der Waals surface area contributed by atoms with Gasteiger partial charge in [0, 0.05) is 29.2 Å². The van der Waals surface area contributed by atoms with E-state index in [1.807, 2.05) is 18.2 Å². The molecule has 0 aromatic heterocycles. The van der Waals surface area contributed by atoms with Crippen molar-refractivity contribution >= 4 is 11.6 Å². The molecule has 7 nitrogen and oxygen atoms in total. The van der Waals surface area contributed by atoms with Crippen LogP contribution in [0.1, 0.15) is 48.5 Å². The number of nitro benzene ring substituents is 1. The third kappa shape index (κ3) is 4.34. The van der Waals surface area contributed by atoms with Crippen LogP contribution >= 0.6 is 0 Å². The number of nitrogens with zero attached hydrogens (tertiary/aromatic N) is 1. The highest BCUT2D eigenvalue weighted by Crippen LogP contribution is 2.44. The largest absolute Gasteiger partial charge is 0.496 e. The molecule has 29 heavy (non-hydrogen) atoms. The molecule has 0 unspecified atom stereocenters. The van der Waals surface area contributed by atoms with Gasteiger partial charge in [0.1, 0.15) is 5.75 Å². The molecule has 1 aliphatic carbocycles. The second kappa shape index (κ2) is 8.94. The number of benzene rings is 2. The summed E-state index contributed by atoms with van der Waals surface area (Å²) in [5.74, 6) is 0.646. The monoisotopic (exact) mass is 398 g/mol. The van der Waals surface area contributed by atoms with E-state index in [2.05, 4.69) is 11.4 Å². The van der Waals surface area contributed by atoms with Gasteiger partial charge in [-0.05, 0) is 38.0 Å². The Morgan fingerprint density at radius 3 is 2.55 bits per heavy atom. The first-order valence-electron chi connectivity index (χ1n) is 9.83. The van der Waals surface area contributed by atoms with Crippen molar-refractivity contribution < 1.29 is 19.2 Å². The quantitative estimate of drug-likeness (QED) is 0.530. The SMILES string of the molecule is CCOc1ccc(C(=O)NCC2(c3ccccc3OC)CCCC2)cc1[N+](=O)[O-]. The lowest BCUT2D eigenvalue weighted by atomic mass is 9.78. The summed E-state index contributed by atoms with van der Waals surface area (Å²) >= 11 is 0. The smallest absolute Gasteiger partial charge is 0.311 e. The van der Waals surface area contributed by atoms with Crippen LogP contribution in [0.4, 0.5) is 5.69 Å². The van der Waals surface area contributed by atoms with Gasteiger partial charge in [0.15, 0.2) is 5.75 Å². The number of nitro groups is 1. The number of hydrogen-bond donors (Lipinski definition) is 1. The Bertz CT molecular complexity index is 891. The molecule has 2 aromatic carbocycles. The number of nitrogens with one attached hydrogen (secondary N) is 1. The minimum Gasteiger partial charge on any atom is -0.496 e. The van der Waals surface area contributed by atoms with E-state index >= 15 is 0 Å². The fraction of sp³-hybridized carbons (Fsp3) is 0.409. The maximum Gasteiger partial charge on any atom is 0.311 e. The van der Waals surface area contributed by atoms with Crippen LogP contribution in [0, 0.1) is 10.1 Å². The average molecular weight is 398 g/mol. The number of hydrogen-bond acceptors (Lipinski definition) is 5. The Hall–Kier alpha value is -3.09. The van der Waals surface area contributed by atoms with Gasteiger partial charge in [-0.3, -0.25) is 14.9 Å². The molecule has 0 saturated heterocycles. The van der Waals surface area contributed by atoms with Crippen LogP contribution in [0.5, 0.6) is 11.5 Å². The van der Waals surface area contributed by atoms with E-state index in [4.69, 9.17) is 9.47 Å². The molecular weight excluding hydrogens is 372 g/mol. The van der Waals surface area contributed by atoms with Gasteiger partial charge >= 0.3 is 5.69 Å². The van der Waals surface area contributed by atoms with Gasteiger partial charge in [-0.2, -0.15) is 0 Å². The molecule has 1 aliphatic rings. The molecule has 0 atom stereocenters. The summed E-state index contributed by atoms with van der Waals surface area (Å²) in [6, 6.07) is 12.2. The highest BCUT2D eigenvalue weighted by molar-refractivity contribution is 5.95. The van der Waals surface area contributed by atoms with Gasteiger partial charge in [-0.1, -0.05) is 31.0 Å². The van der Waals surface area contributed by atoms with Crippen LogP contribution in [0.3, 0.4) is 0 Å². The Morgan fingerprint density at radius 2 is 1.90 bits per heavy atom. The highest BCUT2D eigenvalue weighted by Gasteiger charge is 2.38. The van der Waals surface area contributed by atoms with Crippen LogP contribution in [0.2, 0.25) is 0 Å². The van der Waals surface area contributed by atoms with E-state index in [-0.39, 0.29) is 28.3 Å². The van der Waals surface area contributed by atoms with Crippen LogP contribution in [-0.2, 0) is 5.41 Å². The number of rotatable bonds is 8. The maximum atomic E-state index is 12.8. The molecule has 0 spiro atoms. The Balaban J connectivity index is 1.81. The third-order valence-electron chi connectivity index (χ3n) is 5.54. The molecular formula is C22H26N2O5. The molecule has 0 aliphatic heterocycles. The van der Waals surface area contributed by atoms with Crippen molar-refractivity contribution in [1.82, 2.24) is 5.32 Å². The van der Waals surface area contributed by atoms with Crippen molar-refractivity contribution in [2.45, 2.75) is 38.0 Å². The van der Waals surface area contributed by atoms with Gasteiger partial charge < -0.3 is 14.8 Å².